The molecule has 0 aromatic rings. The summed E-state index contributed by atoms with van der Waals surface area (Å²) >= 11 is 0. The van der Waals surface area contributed by atoms with Crippen LogP contribution in [0.3, 0.4) is 0 Å². The van der Waals surface area contributed by atoms with E-state index in [0.29, 0.717) is 6.10 Å². The average Bonchev–Trinajstić information content (AvgIpc) is 3.39. The first-order chi connectivity index (χ1) is 10.8. The van der Waals surface area contributed by atoms with Crippen molar-refractivity contribution in [3.63, 3.8) is 0 Å². The maximum atomic E-state index is 6.50. The molecule has 22 heavy (non-hydrogen) atoms. The number of rotatable bonds is 12. The zero-order chi connectivity index (χ0) is 15.7. The summed E-state index contributed by atoms with van der Waals surface area (Å²) in [5.74, 6) is 0.745. The Hall–Kier alpha value is -0.540. The molecule has 1 saturated heterocycles. The first-order valence-corrected chi connectivity index (χ1v) is 9.29. The predicted molar refractivity (Wildman–Crippen MR) is 89.9 cm³/mol. The van der Waals surface area contributed by atoms with Gasteiger partial charge in [0.05, 0.1) is 31.7 Å². The Bertz CT molecular complexity index is 308. The third-order valence-electron chi connectivity index (χ3n) is 5.39. The lowest BCUT2D eigenvalue weighted by Crippen LogP contribution is -2.42. The minimum Gasteiger partial charge on any atom is -0.502 e. The molecule has 2 aliphatic rings. The molecule has 0 aromatic heterocycles. The highest BCUT2D eigenvalue weighted by molar-refractivity contribution is 4.90. The SMILES string of the molecule is C=COCCCCCC(CC)(OCC1CO1)C1CCCCC1. The van der Waals surface area contributed by atoms with Crippen molar-refractivity contribution in [2.75, 3.05) is 19.8 Å². The molecule has 2 fully saturated rings. The van der Waals surface area contributed by atoms with E-state index in [1.54, 1.807) is 0 Å². The Morgan fingerprint density at radius 2 is 1.95 bits per heavy atom. The van der Waals surface area contributed by atoms with E-state index >= 15 is 0 Å². The third-order valence-corrected chi connectivity index (χ3v) is 5.39. The zero-order valence-electron chi connectivity index (χ0n) is 14.4. The van der Waals surface area contributed by atoms with Gasteiger partial charge in [0.15, 0.2) is 0 Å². The standard InChI is InChI=1S/C19H34O3/c1-3-19(22-16-18-15-21-18,17-11-7-5-8-12-17)13-9-6-10-14-20-4-2/h4,17-18H,2-3,5-16H2,1H3. The van der Waals surface area contributed by atoms with Gasteiger partial charge in [0.2, 0.25) is 0 Å². The van der Waals surface area contributed by atoms with E-state index in [-0.39, 0.29) is 5.60 Å². The van der Waals surface area contributed by atoms with Crippen molar-refractivity contribution >= 4 is 0 Å². The summed E-state index contributed by atoms with van der Waals surface area (Å²) in [5, 5.41) is 0. The molecule has 3 nitrogen and oxygen atoms in total. The van der Waals surface area contributed by atoms with E-state index in [1.165, 1.54) is 57.6 Å². The van der Waals surface area contributed by atoms with Crippen LogP contribution in [0.4, 0.5) is 0 Å². The molecular formula is C19H34O3. The van der Waals surface area contributed by atoms with Gasteiger partial charge in [-0.25, -0.2) is 0 Å². The highest BCUT2D eigenvalue weighted by Crippen LogP contribution is 2.41. The summed E-state index contributed by atoms with van der Waals surface area (Å²) in [6.45, 7) is 8.38. The minimum atomic E-state index is 0.0890. The second-order valence-electron chi connectivity index (χ2n) is 6.87. The van der Waals surface area contributed by atoms with Crippen molar-refractivity contribution in [1.29, 1.82) is 0 Å². The molecule has 2 unspecified atom stereocenters. The Morgan fingerprint density at radius 1 is 1.18 bits per heavy atom. The first-order valence-electron chi connectivity index (χ1n) is 9.29. The summed E-state index contributed by atoms with van der Waals surface area (Å²) in [4.78, 5) is 0. The molecule has 0 bridgehead atoms. The van der Waals surface area contributed by atoms with Crippen LogP contribution in [0.1, 0.15) is 71.1 Å². The number of epoxide rings is 1. The molecule has 0 N–H and O–H groups in total. The van der Waals surface area contributed by atoms with Crippen LogP contribution in [-0.2, 0) is 14.2 Å². The van der Waals surface area contributed by atoms with Gasteiger partial charge in [-0.2, -0.15) is 0 Å². The molecule has 2 atom stereocenters. The lowest BCUT2D eigenvalue weighted by atomic mass is 9.73. The summed E-state index contributed by atoms with van der Waals surface area (Å²) in [6, 6.07) is 0. The van der Waals surface area contributed by atoms with Gasteiger partial charge in [0.1, 0.15) is 6.10 Å². The topological polar surface area (TPSA) is 31.0 Å². The van der Waals surface area contributed by atoms with Gasteiger partial charge >= 0.3 is 0 Å². The molecule has 2 rings (SSSR count). The quantitative estimate of drug-likeness (QED) is 0.293. The van der Waals surface area contributed by atoms with Crippen LogP contribution in [0.5, 0.6) is 0 Å². The van der Waals surface area contributed by atoms with E-state index in [9.17, 15) is 0 Å². The first kappa shape index (κ1) is 17.8. The van der Waals surface area contributed by atoms with Gasteiger partial charge < -0.3 is 14.2 Å². The monoisotopic (exact) mass is 310 g/mol. The average molecular weight is 310 g/mol. The van der Waals surface area contributed by atoms with Gasteiger partial charge in [-0.3, -0.25) is 0 Å². The molecule has 1 aliphatic carbocycles. The fourth-order valence-corrected chi connectivity index (χ4v) is 3.88. The van der Waals surface area contributed by atoms with Crippen LogP contribution >= 0.6 is 0 Å². The smallest absolute Gasteiger partial charge is 0.104 e. The van der Waals surface area contributed by atoms with Crippen LogP contribution in [0, 0.1) is 5.92 Å². The summed E-state index contributed by atoms with van der Waals surface area (Å²) in [6.07, 6.45) is 14.6. The lowest BCUT2D eigenvalue weighted by Gasteiger charge is -2.42. The third kappa shape index (κ3) is 5.58. The Labute approximate surface area is 136 Å². The molecule has 0 spiro atoms. The number of unbranched alkanes of at least 4 members (excludes halogenated alkanes) is 2. The van der Waals surface area contributed by atoms with Crippen molar-refractivity contribution in [2.45, 2.75) is 82.8 Å². The van der Waals surface area contributed by atoms with Gasteiger partial charge in [-0.1, -0.05) is 39.2 Å². The second-order valence-corrected chi connectivity index (χ2v) is 6.87. The van der Waals surface area contributed by atoms with Gasteiger partial charge in [-0.05, 0) is 44.4 Å². The Balaban J connectivity index is 1.82. The zero-order valence-corrected chi connectivity index (χ0v) is 14.4. The van der Waals surface area contributed by atoms with Gasteiger partial charge in [0.25, 0.3) is 0 Å². The van der Waals surface area contributed by atoms with Crippen LogP contribution < -0.4 is 0 Å². The fraction of sp³-hybridized carbons (Fsp3) is 0.895. The largest absolute Gasteiger partial charge is 0.502 e. The number of ether oxygens (including phenoxy) is 3. The van der Waals surface area contributed by atoms with Gasteiger partial charge in [-0.15, -0.1) is 0 Å². The normalized spacial score (nSPS) is 24.7. The predicted octanol–water partition coefficient (Wildman–Crippen LogP) is 4.85. The van der Waals surface area contributed by atoms with Crippen LogP contribution in [0.15, 0.2) is 12.8 Å². The molecule has 1 heterocycles. The van der Waals surface area contributed by atoms with Crippen LogP contribution in [0.25, 0.3) is 0 Å². The van der Waals surface area contributed by atoms with E-state index in [1.807, 2.05) is 0 Å². The highest BCUT2D eigenvalue weighted by atomic mass is 16.6. The minimum absolute atomic E-state index is 0.0890. The summed E-state index contributed by atoms with van der Waals surface area (Å²) < 4.78 is 17.1. The van der Waals surface area contributed by atoms with E-state index in [4.69, 9.17) is 14.2 Å². The van der Waals surface area contributed by atoms with Crippen LogP contribution in [-0.4, -0.2) is 31.5 Å². The maximum absolute atomic E-state index is 6.50. The molecule has 3 heteroatoms. The van der Waals surface area contributed by atoms with Crippen molar-refractivity contribution in [3.05, 3.63) is 12.8 Å². The Morgan fingerprint density at radius 3 is 2.59 bits per heavy atom. The molecule has 0 radical (unpaired) electrons. The fourth-order valence-electron chi connectivity index (χ4n) is 3.88. The van der Waals surface area contributed by atoms with Gasteiger partial charge in [0, 0.05) is 0 Å². The summed E-state index contributed by atoms with van der Waals surface area (Å²) in [7, 11) is 0. The van der Waals surface area contributed by atoms with E-state index in [0.717, 1.165) is 38.6 Å². The van der Waals surface area contributed by atoms with Crippen molar-refractivity contribution < 1.29 is 14.2 Å². The molecule has 128 valence electrons. The molecule has 0 aromatic carbocycles. The maximum Gasteiger partial charge on any atom is 0.104 e. The van der Waals surface area contributed by atoms with Crippen LogP contribution in [0.2, 0.25) is 0 Å². The molecule has 1 aliphatic heterocycles. The van der Waals surface area contributed by atoms with E-state index in [2.05, 4.69) is 13.5 Å². The second kappa shape index (κ2) is 9.57. The Kier molecular flexibility index (Phi) is 7.74. The molecule has 1 saturated carbocycles. The lowest BCUT2D eigenvalue weighted by molar-refractivity contribution is -0.110. The summed E-state index contributed by atoms with van der Waals surface area (Å²) in [5.41, 5.74) is 0.0890. The van der Waals surface area contributed by atoms with E-state index < -0.39 is 0 Å². The molecule has 0 amide bonds. The number of hydrogen-bond donors (Lipinski definition) is 0. The van der Waals surface area contributed by atoms with Crippen molar-refractivity contribution in [1.82, 2.24) is 0 Å². The van der Waals surface area contributed by atoms with Crippen molar-refractivity contribution in [3.8, 4) is 0 Å². The van der Waals surface area contributed by atoms with Crippen molar-refractivity contribution in [2.24, 2.45) is 5.92 Å². The number of hydrogen-bond acceptors (Lipinski definition) is 3. The molecular weight excluding hydrogens is 276 g/mol. The highest BCUT2D eigenvalue weighted by Gasteiger charge is 2.39.